The van der Waals surface area contributed by atoms with Gasteiger partial charge in [0.15, 0.2) is 0 Å². The van der Waals surface area contributed by atoms with Crippen LogP contribution in [0.2, 0.25) is 0 Å². The molecule has 0 spiro atoms. The number of ether oxygens (including phenoxy) is 2. The summed E-state index contributed by atoms with van der Waals surface area (Å²) < 4.78 is 13.3. The normalized spacial score (nSPS) is 23.1. The zero-order valence-electron chi connectivity index (χ0n) is 16.5. The van der Waals surface area contributed by atoms with E-state index in [0.29, 0.717) is 13.2 Å². The number of rotatable bonds is 6. The molecule has 0 bridgehead atoms. The van der Waals surface area contributed by atoms with Crippen LogP contribution < -0.4 is 15.4 Å². The molecule has 0 unspecified atom stereocenters. The molecule has 28 heavy (non-hydrogen) atoms. The van der Waals surface area contributed by atoms with Crippen LogP contribution in [0.15, 0.2) is 36.7 Å². The first-order valence-corrected chi connectivity index (χ1v) is 9.90. The van der Waals surface area contributed by atoms with Crippen molar-refractivity contribution in [3.8, 4) is 5.75 Å². The van der Waals surface area contributed by atoms with Crippen molar-refractivity contribution in [3.63, 3.8) is 0 Å². The highest BCUT2D eigenvalue weighted by molar-refractivity contribution is 5.74. The SMILES string of the molecule is COc1ccccc1C1(CNC(=O)N[C@@H]2CCO[C@H]2c2nccn2C)CCC1. The maximum absolute atomic E-state index is 12.6. The molecule has 2 N–H and O–H groups in total. The molecule has 2 aromatic rings. The van der Waals surface area contributed by atoms with Crippen molar-refractivity contribution in [1.82, 2.24) is 20.2 Å². The van der Waals surface area contributed by atoms with Gasteiger partial charge in [-0.3, -0.25) is 0 Å². The average molecular weight is 384 g/mol. The quantitative estimate of drug-likeness (QED) is 0.803. The first-order valence-electron chi connectivity index (χ1n) is 9.90. The Hall–Kier alpha value is -2.54. The number of hydrogen-bond acceptors (Lipinski definition) is 4. The zero-order valence-corrected chi connectivity index (χ0v) is 16.5. The highest BCUT2D eigenvalue weighted by atomic mass is 16.5. The standard InChI is InChI=1S/C21H28N4O3/c1-25-12-11-22-19(25)18-16(8-13-28-18)24-20(26)23-14-21(9-5-10-21)15-6-3-4-7-17(15)27-2/h3-4,6-7,11-12,16,18H,5,8-10,13-14H2,1-2H3,(H2,23,24,26)/t16-,18-/m1/s1. The van der Waals surface area contributed by atoms with Crippen LogP contribution in [0.3, 0.4) is 0 Å². The average Bonchev–Trinajstić information content (AvgIpc) is 3.29. The number of amides is 2. The number of nitrogens with zero attached hydrogens (tertiary/aromatic N) is 2. The van der Waals surface area contributed by atoms with E-state index in [9.17, 15) is 4.79 Å². The second-order valence-electron chi connectivity index (χ2n) is 7.74. The van der Waals surface area contributed by atoms with Crippen LogP contribution in [-0.2, 0) is 17.2 Å². The fraction of sp³-hybridized carbons (Fsp3) is 0.524. The Morgan fingerprint density at radius 1 is 1.39 bits per heavy atom. The number of aryl methyl sites for hydroxylation is 1. The summed E-state index contributed by atoms with van der Waals surface area (Å²) >= 11 is 0. The van der Waals surface area contributed by atoms with Gasteiger partial charge in [-0.1, -0.05) is 24.6 Å². The van der Waals surface area contributed by atoms with Crippen LogP contribution >= 0.6 is 0 Å². The van der Waals surface area contributed by atoms with Crippen molar-refractivity contribution >= 4 is 6.03 Å². The van der Waals surface area contributed by atoms with E-state index in [1.165, 1.54) is 12.0 Å². The van der Waals surface area contributed by atoms with Crippen molar-refractivity contribution in [2.75, 3.05) is 20.3 Å². The van der Waals surface area contributed by atoms with E-state index >= 15 is 0 Å². The molecule has 2 fully saturated rings. The summed E-state index contributed by atoms with van der Waals surface area (Å²) in [6.07, 6.45) is 7.48. The third-order valence-electron chi connectivity index (χ3n) is 6.10. The monoisotopic (exact) mass is 384 g/mol. The van der Waals surface area contributed by atoms with Gasteiger partial charge in [0.25, 0.3) is 0 Å². The zero-order chi connectivity index (χ0) is 19.6. The predicted octanol–water partition coefficient (Wildman–Crippen LogP) is 2.68. The summed E-state index contributed by atoms with van der Waals surface area (Å²) in [6, 6.07) is 7.88. The van der Waals surface area contributed by atoms with E-state index in [-0.39, 0.29) is 23.6 Å². The number of para-hydroxylation sites is 1. The lowest BCUT2D eigenvalue weighted by molar-refractivity contribution is 0.0907. The Kier molecular flexibility index (Phi) is 5.26. The molecular formula is C21H28N4O3. The van der Waals surface area contributed by atoms with Crippen molar-refractivity contribution in [2.45, 2.75) is 43.2 Å². The van der Waals surface area contributed by atoms with Crippen LogP contribution in [0.25, 0.3) is 0 Å². The van der Waals surface area contributed by atoms with Gasteiger partial charge in [-0.25, -0.2) is 9.78 Å². The molecule has 4 rings (SSSR count). The van der Waals surface area contributed by atoms with Gasteiger partial charge in [0.2, 0.25) is 0 Å². The smallest absolute Gasteiger partial charge is 0.315 e. The number of carbonyl (C=O) groups excluding carboxylic acids is 1. The topological polar surface area (TPSA) is 77.4 Å². The van der Waals surface area contributed by atoms with Crippen molar-refractivity contribution < 1.29 is 14.3 Å². The lowest BCUT2D eigenvalue weighted by atomic mass is 9.64. The Bertz CT molecular complexity index is 831. The number of benzene rings is 1. The summed E-state index contributed by atoms with van der Waals surface area (Å²) in [5.41, 5.74) is 1.13. The molecule has 7 heteroatoms. The number of methoxy groups -OCH3 is 1. The van der Waals surface area contributed by atoms with E-state index in [2.05, 4.69) is 21.7 Å². The second kappa shape index (κ2) is 7.83. The molecule has 2 atom stereocenters. The number of aromatic nitrogens is 2. The van der Waals surface area contributed by atoms with E-state index in [1.54, 1.807) is 13.3 Å². The van der Waals surface area contributed by atoms with E-state index in [4.69, 9.17) is 9.47 Å². The fourth-order valence-electron chi connectivity index (χ4n) is 4.34. The van der Waals surface area contributed by atoms with Gasteiger partial charge in [-0.2, -0.15) is 0 Å². The first-order chi connectivity index (χ1) is 13.6. The van der Waals surface area contributed by atoms with E-state index < -0.39 is 0 Å². The summed E-state index contributed by atoms with van der Waals surface area (Å²) in [6.45, 7) is 1.22. The van der Waals surface area contributed by atoms with Gasteiger partial charge in [-0.15, -0.1) is 0 Å². The Morgan fingerprint density at radius 3 is 2.89 bits per heavy atom. The maximum atomic E-state index is 12.6. The van der Waals surface area contributed by atoms with Gasteiger partial charge in [0.1, 0.15) is 17.7 Å². The molecule has 1 aliphatic carbocycles. The fourth-order valence-corrected chi connectivity index (χ4v) is 4.34. The highest BCUT2D eigenvalue weighted by Crippen LogP contribution is 2.46. The molecule has 2 amide bonds. The molecule has 1 saturated heterocycles. The minimum Gasteiger partial charge on any atom is -0.496 e. The highest BCUT2D eigenvalue weighted by Gasteiger charge is 2.41. The molecule has 1 saturated carbocycles. The third-order valence-corrected chi connectivity index (χ3v) is 6.10. The molecule has 2 heterocycles. The van der Waals surface area contributed by atoms with Crippen LogP contribution in [0.4, 0.5) is 4.79 Å². The first kappa shape index (κ1) is 18.8. The molecule has 0 radical (unpaired) electrons. The largest absolute Gasteiger partial charge is 0.496 e. The van der Waals surface area contributed by atoms with Crippen molar-refractivity contribution in [2.24, 2.45) is 7.05 Å². The summed E-state index contributed by atoms with van der Waals surface area (Å²) in [4.78, 5) is 17.0. The number of urea groups is 1. The second-order valence-corrected chi connectivity index (χ2v) is 7.74. The maximum Gasteiger partial charge on any atom is 0.315 e. The minimum absolute atomic E-state index is 0.0464. The number of imidazole rings is 1. The Labute approximate surface area is 165 Å². The van der Waals surface area contributed by atoms with Crippen LogP contribution in [-0.4, -0.2) is 41.9 Å². The number of nitrogens with one attached hydrogen (secondary N) is 2. The molecule has 1 aromatic heterocycles. The van der Waals surface area contributed by atoms with Crippen LogP contribution in [0.5, 0.6) is 5.75 Å². The van der Waals surface area contributed by atoms with Gasteiger partial charge in [0, 0.05) is 43.6 Å². The Morgan fingerprint density at radius 2 is 2.21 bits per heavy atom. The van der Waals surface area contributed by atoms with Gasteiger partial charge in [-0.05, 0) is 25.3 Å². The predicted molar refractivity (Wildman–Crippen MR) is 105 cm³/mol. The Balaban J connectivity index is 1.39. The van der Waals surface area contributed by atoms with Crippen molar-refractivity contribution in [3.05, 3.63) is 48.0 Å². The van der Waals surface area contributed by atoms with E-state index in [0.717, 1.165) is 30.8 Å². The van der Waals surface area contributed by atoms with Crippen LogP contribution in [0.1, 0.15) is 43.2 Å². The molecule has 150 valence electrons. The van der Waals surface area contributed by atoms with E-state index in [1.807, 2.05) is 36.0 Å². The number of carbonyl (C=O) groups is 1. The molecule has 1 aliphatic heterocycles. The van der Waals surface area contributed by atoms with Gasteiger partial charge >= 0.3 is 6.03 Å². The number of hydrogen-bond donors (Lipinski definition) is 2. The summed E-state index contributed by atoms with van der Waals surface area (Å²) in [7, 11) is 3.64. The molecule has 2 aliphatic rings. The lowest BCUT2D eigenvalue weighted by Crippen LogP contribution is -2.50. The molecule has 7 nitrogen and oxygen atoms in total. The summed E-state index contributed by atoms with van der Waals surface area (Å²) in [5, 5.41) is 6.18. The van der Waals surface area contributed by atoms with Gasteiger partial charge in [0.05, 0.1) is 13.2 Å². The third kappa shape index (κ3) is 3.46. The minimum atomic E-state index is -0.211. The summed E-state index contributed by atoms with van der Waals surface area (Å²) in [5.74, 6) is 1.73. The molecule has 1 aromatic carbocycles. The lowest BCUT2D eigenvalue weighted by Gasteiger charge is -2.43. The van der Waals surface area contributed by atoms with Crippen LogP contribution in [0, 0.1) is 0 Å². The van der Waals surface area contributed by atoms with Gasteiger partial charge < -0.3 is 24.7 Å². The molecular weight excluding hydrogens is 356 g/mol. The van der Waals surface area contributed by atoms with Crippen molar-refractivity contribution in [1.29, 1.82) is 0 Å².